The summed E-state index contributed by atoms with van der Waals surface area (Å²) < 4.78 is 1.88. The smallest absolute Gasteiger partial charge is 0.0538 e. The predicted octanol–water partition coefficient (Wildman–Crippen LogP) is 1.54. The standard InChI is InChI=1S/C14H24N4/c1-17-10-13(7-16-17)14(6-15)18(8-11-2-3-11)9-12-4-5-12/h7,10-12,14H,2-6,8-9,15H2,1H3. The Kier molecular flexibility index (Phi) is 3.39. The molecule has 2 aliphatic carbocycles. The minimum atomic E-state index is 0.361. The van der Waals surface area contributed by atoms with E-state index in [4.69, 9.17) is 5.73 Å². The van der Waals surface area contributed by atoms with Gasteiger partial charge in [0, 0.05) is 38.4 Å². The molecule has 2 fully saturated rings. The molecule has 0 aliphatic heterocycles. The maximum atomic E-state index is 6.03. The molecule has 4 nitrogen and oxygen atoms in total. The number of nitrogens with two attached hydrogens (primary N) is 1. The second-order valence-electron chi connectivity index (χ2n) is 6.04. The molecule has 1 unspecified atom stereocenters. The summed E-state index contributed by atoms with van der Waals surface area (Å²) in [4.78, 5) is 2.62. The monoisotopic (exact) mass is 248 g/mol. The third kappa shape index (κ3) is 2.93. The molecular weight excluding hydrogens is 224 g/mol. The van der Waals surface area contributed by atoms with Gasteiger partial charge >= 0.3 is 0 Å². The predicted molar refractivity (Wildman–Crippen MR) is 72.0 cm³/mol. The number of rotatable bonds is 7. The van der Waals surface area contributed by atoms with E-state index < -0.39 is 0 Å². The van der Waals surface area contributed by atoms with Gasteiger partial charge in [0.25, 0.3) is 0 Å². The van der Waals surface area contributed by atoms with Crippen molar-refractivity contribution < 1.29 is 0 Å². The molecule has 2 saturated carbocycles. The molecule has 100 valence electrons. The topological polar surface area (TPSA) is 47.1 Å². The molecular formula is C14H24N4. The van der Waals surface area contributed by atoms with E-state index in [-0.39, 0.29) is 0 Å². The lowest BCUT2D eigenvalue weighted by Crippen LogP contribution is -2.36. The van der Waals surface area contributed by atoms with E-state index in [2.05, 4.69) is 16.2 Å². The summed E-state index contributed by atoms with van der Waals surface area (Å²) >= 11 is 0. The van der Waals surface area contributed by atoms with Crippen LogP contribution in [0.4, 0.5) is 0 Å². The number of nitrogens with zero attached hydrogens (tertiary/aromatic N) is 3. The van der Waals surface area contributed by atoms with Gasteiger partial charge in [0.15, 0.2) is 0 Å². The lowest BCUT2D eigenvalue weighted by Gasteiger charge is -2.30. The Bertz CT molecular complexity index is 378. The second kappa shape index (κ2) is 5.02. The minimum Gasteiger partial charge on any atom is -0.329 e. The number of hydrogen-bond donors (Lipinski definition) is 1. The van der Waals surface area contributed by atoms with E-state index in [0.717, 1.165) is 11.8 Å². The average molecular weight is 248 g/mol. The molecule has 4 heteroatoms. The normalized spacial score (nSPS) is 21.5. The van der Waals surface area contributed by atoms with Crippen molar-refractivity contribution in [3.8, 4) is 0 Å². The maximum Gasteiger partial charge on any atom is 0.0538 e. The van der Waals surface area contributed by atoms with Crippen LogP contribution < -0.4 is 5.73 Å². The average Bonchev–Trinajstić information content (AvgIpc) is 3.25. The van der Waals surface area contributed by atoms with Crippen LogP contribution in [0.15, 0.2) is 12.4 Å². The fourth-order valence-electron chi connectivity index (χ4n) is 2.70. The fourth-order valence-corrected chi connectivity index (χ4v) is 2.70. The van der Waals surface area contributed by atoms with Gasteiger partial charge in [0.2, 0.25) is 0 Å². The highest BCUT2D eigenvalue weighted by Crippen LogP contribution is 2.36. The first-order valence-corrected chi connectivity index (χ1v) is 7.19. The molecule has 1 aromatic rings. The van der Waals surface area contributed by atoms with Crippen LogP contribution in [0.5, 0.6) is 0 Å². The fraction of sp³-hybridized carbons (Fsp3) is 0.786. The Labute approximate surface area is 109 Å². The van der Waals surface area contributed by atoms with Crippen LogP contribution in [0.2, 0.25) is 0 Å². The molecule has 0 aromatic carbocycles. The molecule has 3 rings (SSSR count). The maximum absolute atomic E-state index is 6.03. The highest BCUT2D eigenvalue weighted by atomic mass is 15.3. The Morgan fingerprint density at radius 3 is 2.33 bits per heavy atom. The lowest BCUT2D eigenvalue weighted by molar-refractivity contribution is 0.185. The van der Waals surface area contributed by atoms with Crippen LogP contribution >= 0.6 is 0 Å². The first kappa shape index (κ1) is 12.2. The summed E-state index contributed by atoms with van der Waals surface area (Å²) in [6, 6.07) is 0.361. The van der Waals surface area contributed by atoms with Crippen LogP contribution in [0.25, 0.3) is 0 Å². The van der Waals surface area contributed by atoms with Crippen molar-refractivity contribution >= 4 is 0 Å². The molecule has 2 N–H and O–H groups in total. The third-order valence-electron chi connectivity index (χ3n) is 4.15. The van der Waals surface area contributed by atoms with Gasteiger partial charge in [-0.05, 0) is 37.5 Å². The Hall–Kier alpha value is -0.870. The zero-order valence-corrected chi connectivity index (χ0v) is 11.3. The van der Waals surface area contributed by atoms with Gasteiger partial charge in [-0.25, -0.2) is 0 Å². The molecule has 0 bridgehead atoms. The van der Waals surface area contributed by atoms with E-state index in [0.29, 0.717) is 12.6 Å². The summed E-state index contributed by atoms with van der Waals surface area (Å²) in [5.74, 6) is 1.85. The van der Waals surface area contributed by atoms with Crippen molar-refractivity contribution in [3.63, 3.8) is 0 Å². The van der Waals surface area contributed by atoms with E-state index in [1.807, 2.05) is 17.9 Å². The molecule has 1 aromatic heterocycles. The highest BCUT2D eigenvalue weighted by molar-refractivity contribution is 5.11. The van der Waals surface area contributed by atoms with Gasteiger partial charge in [0.05, 0.1) is 12.2 Å². The van der Waals surface area contributed by atoms with Crippen molar-refractivity contribution in [1.29, 1.82) is 0 Å². The Balaban J connectivity index is 1.71. The second-order valence-corrected chi connectivity index (χ2v) is 6.04. The summed E-state index contributed by atoms with van der Waals surface area (Å²) in [6.07, 6.45) is 9.72. The van der Waals surface area contributed by atoms with Gasteiger partial charge in [-0.15, -0.1) is 0 Å². The van der Waals surface area contributed by atoms with E-state index >= 15 is 0 Å². The van der Waals surface area contributed by atoms with Gasteiger partial charge in [-0.3, -0.25) is 9.58 Å². The number of aryl methyl sites for hydroxylation is 1. The van der Waals surface area contributed by atoms with Crippen LogP contribution in [0, 0.1) is 11.8 Å². The highest BCUT2D eigenvalue weighted by Gasteiger charge is 2.32. The molecule has 0 amide bonds. The van der Waals surface area contributed by atoms with Crippen molar-refractivity contribution in [2.24, 2.45) is 24.6 Å². The van der Waals surface area contributed by atoms with Gasteiger partial charge in [-0.2, -0.15) is 5.10 Å². The first-order chi connectivity index (χ1) is 8.76. The van der Waals surface area contributed by atoms with Crippen molar-refractivity contribution in [3.05, 3.63) is 18.0 Å². The van der Waals surface area contributed by atoms with Crippen molar-refractivity contribution in [2.45, 2.75) is 31.7 Å². The zero-order valence-electron chi connectivity index (χ0n) is 11.3. The van der Waals surface area contributed by atoms with Crippen LogP contribution in [-0.2, 0) is 7.05 Å². The van der Waals surface area contributed by atoms with Crippen LogP contribution in [0.1, 0.15) is 37.3 Å². The SMILES string of the molecule is Cn1cc(C(CN)N(CC2CC2)CC2CC2)cn1. The van der Waals surface area contributed by atoms with Gasteiger partial charge in [-0.1, -0.05) is 0 Å². The largest absolute Gasteiger partial charge is 0.329 e. The molecule has 1 heterocycles. The van der Waals surface area contributed by atoms with Crippen molar-refractivity contribution in [1.82, 2.24) is 14.7 Å². The minimum absolute atomic E-state index is 0.361. The Morgan fingerprint density at radius 2 is 1.94 bits per heavy atom. The molecule has 0 spiro atoms. The number of hydrogen-bond acceptors (Lipinski definition) is 3. The van der Waals surface area contributed by atoms with Gasteiger partial charge in [0.1, 0.15) is 0 Å². The summed E-state index contributed by atoms with van der Waals surface area (Å²) in [7, 11) is 1.98. The van der Waals surface area contributed by atoms with Gasteiger partial charge < -0.3 is 5.73 Å². The number of aromatic nitrogens is 2. The third-order valence-corrected chi connectivity index (χ3v) is 4.15. The van der Waals surface area contributed by atoms with E-state index in [1.165, 1.54) is 44.3 Å². The summed E-state index contributed by atoms with van der Waals surface area (Å²) in [5.41, 5.74) is 7.31. The quantitative estimate of drug-likeness (QED) is 0.796. The summed E-state index contributed by atoms with van der Waals surface area (Å²) in [5, 5.41) is 4.29. The summed E-state index contributed by atoms with van der Waals surface area (Å²) in [6.45, 7) is 3.16. The first-order valence-electron chi connectivity index (χ1n) is 7.19. The van der Waals surface area contributed by atoms with Crippen LogP contribution in [-0.4, -0.2) is 34.3 Å². The molecule has 18 heavy (non-hydrogen) atoms. The Morgan fingerprint density at radius 1 is 1.33 bits per heavy atom. The lowest BCUT2D eigenvalue weighted by atomic mass is 10.1. The van der Waals surface area contributed by atoms with Crippen molar-refractivity contribution in [2.75, 3.05) is 19.6 Å². The molecule has 1 atom stereocenters. The van der Waals surface area contributed by atoms with E-state index in [1.54, 1.807) is 0 Å². The van der Waals surface area contributed by atoms with E-state index in [9.17, 15) is 0 Å². The molecule has 0 radical (unpaired) electrons. The zero-order chi connectivity index (χ0) is 12.5. The molecule has 2 aliphatic rings. The van der Waals surface area contributed by atoms with Crippen LogP contribution in [0.3, 0.4) is 0 Å². The molecule has 0 saturated heterocycles.